The van der Waals surface area contributed by atoms with E-state index in [0.717, 1.165) is 19.3 Å². The molecule has 1 saturated carbocycles. The van der Waals surface area contributed by atoms with Crippen LogP contribution in [0, 0.1) is 5.92 Å². The minimum atomic E-state index is -0.767. The smallest absolute Gasteiger partial charge is 0.248 e. The van der Waals surface area contributed by atoms with Crippen molar-refractivity contribution in [3.63, 3.8) is 0 Å². The lowest BCUT2D eigenvalue weighted by molar-refractivity contribution is -0.157. The number of amides is 2. The maximum absolute atomic E-state index is 12.9. The molecule has 1 heterocycles. The molecule has 4 nitrogen and oxygen atoms in total. The quantitative estimate of drug-likeness (QED) is 0.814. The molecule has 120 valence electrons. The van der Waals surface area contributed by atoms with Gasteiger partial charge < -0.3 is 10.2 Å². The number of nitrogens with one attached hydrogen (secondary N) is 1. The number of hydrogen-bond donors (Lipinski definition) is 1. The first-order valence-corrected chi connectivity index (χ1v) is 8.47. The molecule has 1 atom stereocenters. The van der Waals surface area contributed by atoms with Crippen molar-refractivity contribution in [3.8, 4) is 0 Å². The lowest BCUT2D eigenvalue weighted by Crippen LogP contribution is -2.70. The van der Waals surface area contributed by atoms with Gasteiger partial charge in [-0.3, -0.25) is 9.59 Å². The summed E-state index contributed by atoms with van der Waals surface area (Å²) >= 11 is 0. The van der Waals surface area contributed by atoms with Crippen LogP contribution in [0.4, 0.5) is 0 Å². The number of piperazine rings is 1. The summed E-state index contributed by atoms with van der Waals surface area (Å²) in [6, 6.07) is -0.0392. The third-order valence-electron chi connectivity index (χ3n) is 4.76. The molecule has 2 aliphatic rings. The molecule has 1 aliphatic carbocycles. The van der Waals surface area contributed by atoms with Gasteiger partial charge in [-0.05, 0) is 39.0 Å². The molecule has 21 heavy (non-hydrogen) atoms. The average molecular weight is 294 g/mol. The van der Waals surface area contributed by atoms with Crippen LogP contribution in [0.1, 0.15) is 72.6 Å². The first-order valence-electron chi connectivity index (χ1n) is 8.47. The summed E-state index contributed by atoms with van der Waals surface area (Å²) in [5, 5.41) is 2.92. The molecule has 4 heteroatoms. The summed E-state index contributed by atoms with van der Waals surface area (Å²) in [7, 11) is 0. The number of rotatable bonds is 3. The summed E-state index contributed by atoms with van der Waals surface area (Å²) < 4.78 is 0. The summed E-state index contributed by atoms with van der Waals surface area (Å²) in [6.45, 7) is 7.87. The second kappa shape index (κ2) is 6.37. The molecule has 2 amide bonds. The van der Waals surface area contributed by atoms with Gasteiger partial charge in [0, 0.05) is 6.04 Å². The van der Waals surface area contributed by atoms with Gasteiger partial charge >= 0.3 is 0 Å². The van der Waals surface area contributed by atoms with Gasteiger partial charge in [0.25, 0.3) is 0 Å². The van der Waals surface area contributed by atoms with Crippen LogP contribution in [0.15, 0.2) is 0 Å². The Morgan fingerprint density at radius 3 is 2.24 bits per heavy atom. The maximum atomic E-state index is 12.9. The Labute approximate surface area is 128 Å². The van der Waals surface area contributed by atoms with Gasteiger partial charge in [-0.1, -0.05) is 39.5 Å². The van der Waals surface area contributed by atoms with Gasteiger partial charge in [0.1, 0.15) is 11.6 Å². The summed E-state index contributed by atoms with van der Waals surface area (Å²) in [5.74, 6) is 0.528. The number of carbonyl (C=O) groups excluding carboxylic acids is 2. The minimum Gasteiger partial charge on any atom is -0.340 e. The fourth-order valence-corrected chi connectivity index (χ4v) is 3.66. The van der Waals surface area contributed by atoms with Crippen LogP contribution in [0.25, 0.3) is 0 Å². The normalized spacial score (nSPS) is 27.7. The van der Waals surface area contributed by atoms with E-state index in [4.69, 9.17) is 0 Å². The Hall–Kier alpha value is -1.06. The van der Waals surface area contributed by atoms with Crippen LogP contribution in [-0.2, 0) is 9.59 Å². The van der Waals surface area contributed by atoms with Crippen molar-refractivity contribution in [3.05, 3.63) is 0 Å². The lowest BCUT2D eigenvalue weighted by atomic mass is 9.89. The van der Waals surface area contributed by atoms with E-state index in [1.54, 1.807) is 0 Å². The fourth-order valence-electron chi connectivity index (χ4n) is 3.66. The number of nitrogens with zero attached hydrogens (tertiary/aromatic N) is 1. The van der Waals surface area contributed by atoms with Crippen molar-refractivity contribution < 1.29 is 9.59 Å². The third-order valence-corrected chi connectivity index (χ3v) is 4.76. The zero-order chi connectivity index (χ0) is 15.6. The van der Waals surface area contributed by atoms with Crippen molar-refractivity contribution in [2.24, 2.45) is 5.92 Å². The molecular weight excluding hydrogens is 264 g/mol. The van der Waals surface area contributed by atoms with E-state index in [0.29, 0.717) is 5.92 Å². The summed E-state index contributed by atoms with van der Waals surface area (Å²) in [5.41, 5.74) is -0.767. The highest BCUT2D eigenvalue weighted by Gasteiger charge is 2.47. The van der Waals surface area contributed by atoms with Crippen molar-refractivity contribution in [2.75, 3.05) is 0 Å². The van der Waals surface area contributed by atoms with Crippen molar-refractivity contribution >= 4 is 11.8 Å². The largest absolute Gasteiger partial charge is 0.340 e. The molecule has 0 spiro atoms. The van der Waals surface area contributed by atoms with Crippen LogP contribution in [0.5, 0.6) is 0 Å². The molecular formula is C17H30N2O2. The summed E-state index contributed by atoms with van der Waals surface area (Å²) in [6.07, 6.45) is 7.69. The zero-order valence-corrected chi connectivity index (χ0v) is 13.9. The first kappa shape index (κ1) is 16.3. The van der Waals surface area contributed by atoms with Crippen LogP contribution < -0.4 is 5.32 Å². The lowest BCUT2D eigenvalue weighted by Gasteiger charge is -2.47. The minimum absolute atomic E-state index is 0.0255. The summed E-state index contributed by atoms with van der Waals surface area (Å²) in [4.78, 5) is 27.4. The van der Waals surface area contributed by atoms with E-state index in [1.807, 2.05) is 18.7 Å². The molecule has 0 aromatic heterocycles. The standard InChI is InChI=1S/C17H30N2O2/c1-12(2)11-14-15(20)18-17(3,4)16(21)19(14)13-9-7-5-6-8-10-13/h12-14H,5-11H2,1-4H3,(H,18,20). The van der Waals surface area contributed by atoms with E-state index in [9.17, 15) is 9.59 Å². The molecule has 0 radical (unpaired) electrons. The topological polar surface area (TPSA) is 49.4 Å². The van der Waals surface area contributed by atoms with Gasteiger partial charge in [0.2, 0.25) is 11.8 Å². The highest BCUT2D eigenvalue weighted by atomic mass is 16.2. The molecule has 0 aromatic rings. The Bertz CT molecular complexity index is 396. The molecule has 2 fully saturated rings. The van der Waals surface area contributed by atoms with Gasteiger partial charge in [0.15, 0.2) is 0 Å². The number of carbonyl (C=O) groups is 2. The van der Waals surface area contributed by atoms with Crippen LogP contribution in [0.3, 0.4) is 0 Å². The Kier molecular flexibility index (Phi) is 4.95. The monoisotopic (exact) mass is 294 g/mol. The number of hydrogen-bond acceptors (Lipinski definition) is 2. The van der Waals surface area contributed by atoms with Crippen molar-refractivity contribution in [1.82, 2.24) is 10.2 Å². The van der Waals surface area contributed by atoms with Gasteiger partial charge in [0.05, 0.1) is 0 Å². The SMILES string of the molecule is CC(C)CC1C(=O)NC(C)(C)C(=O)N1C1CCCCCC1. The van der Waals surface area contributed by atoms with Gasteiger partial charge in [-0.2, -0.15) is 0 Å². The third kappa shape index (κ3) is 3.58. The molecule has 0 aromatic carbocycles. The first-order chi connectivity index (χ1) is 9.83. The highest BCUT2D eigenvalue weighted by molar-refractivity contribution is 5.99. The zero-order valence-electron chi connectivity index (χ0n) is 13.9. The molecule has 1 unspecified atom stereocenters. The molecule has 2 rings (SSSR count). The van der Waals surface area contributed by atoms with Crippen LogP contribution >= 0.6 is 0 Å². The Morgan fingerprint density at radius 1 is 1.14 bits per heavy atom. The Morgan fingerprint density at radius 2 is 1.71 bits per heavy atom. The molecule has 1 aliphatic heterocycles. The van der Waals surface area contributed by atoms with E-state index >= 15 is 0 Å². The molecule has 1 N–H and O–H groups in total. The second-order valence-corrected chi connectivity index (χ2v) is 7.62. The van der Waals surface area contributed by atoms with Crippen molar-refractivity contribution in [2.45, 2.75) is 90.3 Å². The van der Waals surface area contributed by atoms with E-state index in [1.165, 1.54) is 25.7 Å². The predicted molar refractivity (Wildman–Crippen MR) is 83.8 cm³/mol. The van der Waals surface area contributed by atoms with Crippen LogP contribution in [0.2, 0.25) is 0 Å². The Balaban J connectivity index is 2.27. The second-order valence-electron chi connectivity index (χ2n) is 7.62. The van der Waals surface area contributed by atoms with E-state index in [-0.39, 0.29) is 23.9 Å². The fraction of sp³-hybridized carbons (Fsp3) is 0.882. The highest BCUT2D eigenvalue weighted by Crippen LogP contribution is 2.30. The van der Waals surface area contributed by atoms with E-state index < -0.39 is 5.54 Å². The van der Waals surface area contributed by atoms with Crippen molar-refractivity contribution in [1.29, 1.82) is 0 Å². The van der Waals surface area contributed by atoms with Crippen LogP contribution in [-0.4, -0.2) is 34.3 Å². The average Bonchev–Trinajstić information content (AvgIpc) is 2.64. The predicted octanol–water partition coefficient (Wildman–Crippen LogP) is 2.86. The molecule has 1 saturated heterocycles. The van der Waals surface area contributed by atoms with Gasteiger partial charge in [-0.25, -0.2) is 0 Å². The molecule has 0 bridgehead atoms. The maximum Gasteiger partial charge on any atom is 0.248 e. The van der Waals surface area contributed by atoms with Gasteiger partial charge in [-0.15, -0.1) is 0 Å². The van der Waals surface area contributed by atoms with E-state index in [2.05, 4.69) is 19.2 Å².